The number of carbonyl (C=O) groups excluding carboxylic acids is 1. The first kappa shape index (κ1) is 22.0. The summed E-state index contributed by atoms with van der Waals surface area (Å²) in [5, 5.41) is 9.33. The third-order valence-electron chi connectivity index (χ3n) is 4.96. The molecule has 0 unspecified atom stereocenters. The van der Waals surface area contributed by atoms with Crippen LogP contribution in [0.2, 0.25) is 10.0 Å². The molecular weight excluding hydrogens is 447 g/mol. The summed E-state index contributed by atoms with van der Waals surface area (Å²) >= 11 is 12.0. The molecule has 1 aliphatic rings. The van der Waals surface area contributed by atoms with E-state index >= 15 is 0 Å². The lowest BCUT2D eigenvalue weighted by molar-refractivity contribution is 0.256. The minimum Gasteiger partial charge on any atom is -0.308 e. The van der Waals surface area contributed by atoms with Gasteiger partial charge in [-0.05, 0) is 62.1 Å². The summed E-state index contributed by atoms with van der Waals surface area (Å²) in [6.07, 6.45) is 1.59. The van der Waals surface area contributed by atoms with Crippen molar-refractivity contribution in [1.29, 1.82) is 0 Å². The molecule has 1 heterocycles. The number of nitrogens with one attached hydrogen (secondary N) is 3. The Morgan fingerprint density at radius 1 is 0.938 bits per heavy atom. The first-order chi connectivity index (χ1) is 15.4. The van der Waals surface area contributed by atoms with Gasteiger partial charge in [-0.1, -0.05) is 47.5 Å². The van der Waals surface area contributed by atoms with Crippen LogP contribution in [0.1, 0.15) is 22.5 Å². The number of hydrogen-bond acceptors (Lipinski definition) is 4. The van der Waals surface area contributed by atoms with Crippen LogP contribution in [0.25, 0.3) is 0 Å². The van der Waals surface area contributed by atoms with Crippen LogP contribution in [-0.4, -0.2) is 28.0 Å². The Morgan fingerprint density at radius 2 is 1.59 bits per heavy atom. The minimum atomic E-state index is -0.477. The lowest BCUT2D eigenvalue weighted by atomic mass is 10.1. The Hall–Kier alpha value is -3.16. The molecule has 1 aliphatic carbocycles. The van der Waals surface area contributed by atoms with Crippen LogP contribution in [0, 0.1) is 13.8 Å². The van der Waals surface area contributed by atoms with Gasteiger partial charge in [0.05, 0.1) is 16.1 Å². The van der Waals surface area contributed by atoms with Gasteiger partial charge >= 0.3 is 6.03 Å². The van der Waals surface area contributed by atoms with Gasteiger partial charge in [0.25, 0.3) is 0 Å². The number of anilines is 2. The van der Waals surface area contributed by atoms with Crippen molar-refractivity contribution in [1.82, 2.24) is 15.3 Å². The van der Waals surface area contributed by atoms with Crippen molar-refractivity contribution in [3.63, 3.8) is 0 Å². The van der Waals surface area contributed by atoms with E-state index in [1.54, 1.807) is 18.2 Å². The lowest BCUT2D eigenvalue weighted by Gasteiger charge is -2.14. The summed E-state index contributed by atoms with van der Waals surface area (Å²) in [5.41, 5.74) is 4.67. The Balaban J connectivity index is 1.54. The third kappa shape index (κ3) is 5.55. The van der Waals surface area contributed by atoms with Gasteiger partial charge in [0, 0.05) is 17.1 Å². The van der Waals surface area contributed by atoms with E-state index in [2.05, 4.69) is 38.1 Å². The van der Waals surface area contributed by atoms with Crippen LogP contribution < -0.4 is 16.0 Å². The van der Waals surface area contributed by atoms with Gasteiger partial charge in [-0.3, -0.25) is 10.6 Å². The van der Waals surface area contributed by atoms with Crippen molar-refractivity contribution >= 4 is 46.8 Å². The Morgan fingerprint density at radius 3 is 2.22 bits per heavy atom. The Bertz CT molecular complexity index is 1150. The van der Waals surface area contributed by atoms with Crippen LogP contribution in [0.4, 0.5) is 16.4 Å². The molecule has 0 saturated heterocycles. The highest BCUT2D eigenvalue weighted by Crippen LogP contribution is 2.25. The fourth-order valence-corrected chi connectivity index (χ4v) is 3.93. The molecule has 7 nitrogen and oxygen atoms in total. The van der Waals surface area contributed by atoms with Crippen molar-refractivity contribution in [2.24, 2.45) is 4.99 Å². The number of nitrogens with zero attached hydrogens (tertiary/aromatic N) is 3. The fourth-order valence-electron chi connectivity index (χ4n) is 3.64. The fraction of sp³-hybridized carbons (Fsp3) is 0.217. The van der Waals surface area contributed by atoms with Crippen LogP contribution in [0.3, 0.4) is 0 Å². The van der Waals surface area contributed by atoms with Crippen molar-refractivity contribution in [2.45, 2.75) is 32.7 Å². The second kappa shape index (κ2) is 9.54. The normalized spacial score (nSPS) is 13.6. The number of amides is 2. The predicted molar refractivity (Wildman–Crippen MR) is 129 cm³/mol. The Labute approximate surface area is 196 Å². The number of guanidine groups is 1. The molecule has 0 radical (unpaired) electrons. The average molecular weight is 469 g/mol. The largest absolute Gasteiger partial charge is 0.326 e. The molecule has 4 rings (SSSR count). The van der Waals surface area contributed by atoms with E-state index in [-0.39, 0.29) is 12.0 Å². The zero-order valence-corrected chi connectivity index (χ0v) is 19.1. The molecule has 0 atom stereocenters. The minimum absolute atomic E-state index is 0.00826. The van der Waals surface area contributed by atoms with Gasteiger partial charge in [-0.2, -0.15) is 0 Å². The zero-order valence-electron chi connectivity index (χ0n) is 17.6. The summed E-state index contributed by atoms with van der Waals surface area (Å²) in [7, 11) is 0. The maximum Gasteiger partial charge on any atom is 0.326 e. The maximum atomic E-state index is 12.7. The van der Waals surface area contributed by atoms with Crippen molar-refractivity contribution < 1.29 is 4.79 Å². The highest BCUT2D eigenvalue weighted by atomic mass is 35.5. The predicted octanol–water partition coefficient (Wildman–Crippen LogP) is 5.16. The number of aromatic nitrogens is 2. The van der Waals surface area contributed by atoms with E-state index in [9.17, 15) is 4.79 Å². The molecule has 0 aliphatic heterocycles. The molecule has 2 amide bonds. The average Bonchev–Trinajstić information content (AvgIpc) is 3.12. The number of rotatable bonds is 3. The SMILES string of the molecule is Cc1cc(C)nc(NC(=NC2Cc3ccccc3C2)NC(=O)Nc2ccc(Cl)c(Cl)c2)n1. The van der Waals surface area contributed by atoms with Crippen LogP contribution in [-0.2, 0) is 12.8 Å². The van der Waals surface area contributed by atoms with Crippen LogP contribution >= 0.6 is 23.2 Å². The van der Waals surface area contributed by atoms with Gasteiger partial charge in [-0.15, -0.1) is 0 Å². The van der Waals surface area contributed by atoms with Gasteiger partial charge in [-0.25, -0.2) is 19.8 Å². The number of halogens is 2. The zero-order chi connectivity index (χ0) is 22.7. The molecule has 32 heavy (non-hydrogen) atoms. The van der Waals surface area contributed by atoms with Gasteiger partial charge in [0.2, 0.25) is 11.9 Å². The summed E-state index contributed by atoms with van der Waals surface area (Å²) in [6, 6.07) is 14.5. The highest BCUT2D eigenvalue weighted by molar-refractivity contribution is 6.42. The molecule has 3 N–H and O–H groups in total. The van der Waals surface area contributed by atoms with E-state index in [0.29, 0.717) is 21.7 Å². The molecule has 0 bridgehead atoms. The summed E-state index contributed by atoms with van der Waals surface area (Å²) < 4.78 is 0. The maximum absolute atomic E-state index is 12.7. The number of aryl methyl sites for hydroxylation is 2. The molecule has 1 aromatic heterocycles. The number of fused-ring (bicyclic) bond motifs is 1. The number of urea groups is 1. The quantitative estimate of drug-likeness (QED) is 0.365. The van der Waals surface area contributed by atoms with Gasteiger partial charge < -0.3 is 5.32 Å². The molecule has 2 aromatic carbocycles. The topological polar surface area (TPSA) is 91.3 Å². The van der Waals surface area contributed by atoms with Gasteiger partial charge in [0.1, 0.15) is 0 Å². The van der Waals surface area contributed by atoms with E-state index in [0.717, 1.165) is 24.2 Å². The summed E-state index contributed by atoms with van der Waals surface area (Å²) in [5.74, 6) is 0.636. The standard InChI is InChI=1S/C23H22Cl2N6O/c1-13-9-14(2)27-21(26-13)30-22(28-18-10-15-5-3-4-6-16(15)11-18)31-23(32)29-17-7-8-19(24)20(25)12-17/h3-9,12,18H,10-11H2,1-2H3,(H3,26,27,28,29,30,31,32). The Kier molecular flexibility index (Phi) is 6.58. The molecule has 3 aromatic rings. The van der Waals surface area contributed by atoms with Gasteiger partial charge in [0.15, 0.2) is 0 Å². The van der Waals surface area contributed by atoms with E-state index < -0.39 is 6.03 Å². The van der Waals surface area contributed by atoms with E-state index in [1.165, 1.54) is 11.1 Å². The molecule has 0 saturated carbocycles. The first-order valence-electron chi connectivity index (χ1n) is 10.1. The summed E-state index contributed by atoms with van der Waals surface area (Å²) in [6.45, 7) is 3.77. The molecule has 164 valence electrons. The van der Waals surface area contributed by atoms with Crippen LogP contribution in [0.5, 0.6) is 0 Å². The molecule has 9 heteroatoms. The van der Waals surface area contributed by atoms with Crippen LogP contribution in [0.15, 0.2) is 53.5 Å². The first-order valence-corrected chi connectivity index (χ1v) is 10.9. The third-order valence-corrected chi connectivity index (χ3v) is 5.70. The highest BCUT2D eigenvalue weighted by Gasteiger charge is 2.22. The molecular formula is C23H22Cl2N6O. The smallest absolute Gasteiger partial charge is 0.308 e. The number of benzene rings is 2. The second-order valence-electron chi connectivity index (χ2n) is 7.62. The number of carbonyl (C=O) groups is 1. The monoisotopic (exact) mass is 468 g/mol. The number of hydrogen-bond donors (Lipinski definition) is 3. The van der Waals surface area contributed by atoms with Crippen molar-refractivity contribution in [3.05, 3.63) is 81.1 Å². The number of aliphatic imine (C=N–C) groups is 1. The molecule has 0 spiro atoms. The van der Waals surface area contributed by atoms with Crippen molar-refractivity contribution in [2.75, 3.05) is 10.6 Å². The van der Waals surface area contributed by atoms with E-state index in [1.807, 2.05) is 32.0 Å². The second-order valence-corrected chi connectivity index (χ2v) is 8.43. The molecule has 0 fully saturated rings. The van der Waals surface area contributed by atoms with E-state index in [4.69, 9.17) is 28.2 Å². The lowest BCUT2D eigenvalue weighted by Crippen LogP contribution is -2.40. The van der Waals surface area contributed by atoms with Crippen molar-refractivity contribution in [3.8, 4) is 0 Å². The summed E-state index contributed by atoms with van der Waals surface area (Å²) in [4.78, 5) is 26.2.